The van der Waals surface area contributed by atoms with Gasteiger partial charge in [-0.15, -0.1) is 0 Å². The number of fused-ring (bicyclic) bond motifs is 1. The van der Waals surface area contributed by atoms with Crippen LogP contribution in [0.3, 0.4) is 0 Å². The highest BCUT2D eigenvalue weighted by molar-refractivity contribution is 6.30. The molecule has 0 bridgehead atoms. The van der Waals surface area contributed by atoms with Crippen LogP contribution < -0.4 is 15.5 Å². The van der Waals surface area contributed by atoms with Crippen molar-refractivity contribution in [2.75, 3.05) is 13.2 Å². The molecule has 1 aliphatic carbocycles. The summed E-state index contributed by atoms with van der Waals surface area (Å²) in [5.74, 6) is 0.689. The molecular formula is C39H39ClN2O5. The molecule has 2 aliphatic rings. The summed E-state index contributed by atoms with van der Waals surface area (Å²) in [6, 6.07) is 22.0. The molecule has 1 aromatic heterocycles. The lowest BCUT2D eigenvalue weighted by Crippen LogP contribution is -2.36. The van der Waals surface area contributed by atoms with Crippen molar-refractivity contribution in [3.05, 3.63) is 135 Å². The molecular weight excluding hydrogens is 612 g/mol. The molecule has 0 spiro atoms. The molecule has 1 atom stereocenters. The average molecular weight is 651 g/mol. The zero-order chi connectivity index (χ0) is 32.8. The third kappa shape index (κ3) is 8.03. The van der Waals surface area contributed by atoms with Gasteiger partial charge < -0.3 is 19.4 Å². The van der Waals surface area contributed by atoms with Crippen molar-refractivity contribution in [1.29, 1.82) is 0 Å². The third-order valence-electron chi connectivity index (χ3n) is 9.07. The van der Waals surface area contributed by atoms with Gasteiger partial charge in [-0.25, -0.2) is 0 Å². The highest BCUT2D eigenvalue weighted by Gasteiger charge is 2.25. The van der Waals surface area contributed by atoms with E-state index in [1.165, 1.54) is 22.8 Å². The molecule has 242 valence electrons. The molecule has 7 nitrogen and oxygen atoms in total. The quantitative estimate of drug-likeness (QED) is 0.168. The number of ether oxygens (including phenoxy) is 1. The van der Waals surface area contributed by atoms with Crippen LogP contribution in [0.25, 0.3) is 11.0 Å². The van der Waals surface area contributed by atoms with Gasteiger partial charge in [-0.3, -0.25) is 14.4 Å². The second kappa shape index (κ2) is 14.9. The zero-order valence-electron chi connectivity index (χ0n) is 26.4. The number of carbonyl (C=O) groups excluding carboxylic acids is 2. The number of hydrogen-bond acceptors (Lipinski definition) is 5. The smallest absolute Gasteiger partial charge is 0.287 e. The van der Waals surface area contributed by atoms with E-state index < -0.39 is 5.91 Å². The lowest BCUT2D eigenvalue weighted by Gasteiger charge is -2.28. The fourth-order valence-electron chi connectivity index (χ4n) is 6.66. The van der Waals surface area contributed by atoms with E-state index in [1.54, 1.807) is 24.3 Å². The van der Waals surface area contributed by atoms with Gasteiger partial charge >= 0.3 is 0 Å². The maximum Gasteiger partial charge on any atom is 0.287 e. The number of amides is 2. The van der Waals surface area contributed by atoms with Gasteiger partial charge in [-0.05, 0) is 91.5 Å². The van der Waals surface area contributed by atoms with E-state index in [0.29, 0.717) is 53.7 Å². The molecule has 3 aromatic carbocycles. The van der Waals surface area contributed by atoms with E-state index in [-0.39, 0.29) is 23.1 Å². The van der Waals surface area contributed by atoms with Crippen molar-refractivity contribution in [1.82, 2.24) is 10.2 Å². The van der Waals surface area contributed by atoms with E-state index in [4.69, 9.17) is 20.8 Å². The average Bonchev–Trinajstić information content (AvgIpc) is 3.49. The fourth-order valence-corrected chi connectivity index (χ4v) is 6.79. The van der Waals surface area contributed by atoms with Crippen molar-refractivity contribution in [3.8, 4) is 5.75 Å². The highest BCUT2D eigenvalue weighted by Crippen LogP contribution is 2.38. The number of halogens is 1. The van der Waals surface area contributed by atoms with Gasteiger partial charge in [-0.2, -0.15) is 0 Å². The number of nitrogens with zero attached hydrogens (tertiary/aromatic N) is 1. The van der Waals surface area contributed by atoms with Gasteiger partial charge in [-0.1, -0.05) is 72.3 Å². The molecule has 2 amide bonds. The Balaban J connectivity index is 1.18. The summed E-state index contributed by atoms with van der Waals surface area (Å²) < 4.78 is 11.4. The minimum atomic E-state index is -0.453. The summed E-state index contributed by atoms with van der Waals surface area (Å²) in [5, 5.41) is 4.11. The molecule has 1 aliphatic heterocycles. The molecule has 2 heterocycles. The first-order valence-corrected chi connectivity index (χ1v) is 16.7. The monoisotopic (exact) mass is 650 g/mol. The highest BCUT2D eigenvalue weighted by atomic mass is 35.5. The molecule has 4 aromatic rings. The van der Waals surface area contributed by atoms with Crippen LogP contribution >= 0.6 is 11.6 Å². The summed E-state index contributed by atoms with van der Waals surface area (Å²) in [6.45, 7) is 5.47. The van der Waals surface area contributed by atoms with E-state index in [1.807, 2.05) is 29.2 Å². The number of carbonyl (C=O) groups is 2. The first kappa shape index (κ1) is 32.3. The second-order valence-electron chi connectivity index (χ2n) is 12.4. The Bertz CT molecular complexity index is 1850. The summed E-state index contributed by atoms with van der Waals surface area (Å²) in [5.41, 5.74) is 4.89. The lowest BCUT2D eigenvalue weighted by atomic mass is 9.79. The Morgan fingerprint density at radius 2 is 1.83 bits per heavy atom. The third-order valence-corrected chi connectivity index (χ3v) is 9.32. The summed E-state index contributed by atoms with van der Waals surface area (Å²) in [6.07, 6.45) is 9.75. The molecule has 1 saturated heterocycles. The van der Waals surface area contributed by atoms with Crippen LogP contribution in [0.1, 0.15) is 71.7 Å². The fraction of sp³-hybridized carbons (Fsp3) is 0.308. The number of hydrogen-bond donors (Lipinski definition) is 1. The molecule has 47 heavy (non-hydrogen) atoms. The van der Waals surface area contributed by atoms with E-state index in [0.717, 1.165) is 44.2 Å². The molecule has 2 fully saturated rings. The predicted molar refractivity (Wildman–Crippen MR) is 185 cm³/mol. The minimum Gasteiger partial charge on any atom is -0.490 e. The Kier molecular flexibility index (Phi) is 10.2. The number of nitrogens with one attached hydrogen (secondary N) is 1. The van der Waals surface area contributed by atoms with Crippen LogP contribution in [0.2, 0.25) is 5.02 Å². The second-order valence-corrected chi connectivity index (χ2v) is 12.8. The Labute approximate surface area is 279 Å². The van der Waals surface area contributed by atoms with Crippen LogP contribution in [0.5, 0.6) is 5.75 Å². The van der Waals surface area contributed by atoms with Crippen LogP contribution in [0.4, 0.5) is 0 Å². The zero-order valence-corrected chi connectivity index (χ0v) is 27.1. The van der Waals surface area contributed by atoms with E-state index in [9.17, 15) is 14.4 Å². The predicted octanol–water partition coefficient (Wildman–Crippen LogP) is 7.76. The molecule has 0 radical (unpaired) electrons. The van der Waals surface area contributed by atoms with Crippen molar-refractivity contribution in [2.45, 2.75) is 63.5 Å². The SMILES string of the molecule is C=CCOc1ccc2oc(C(=O)N[C@@H](C=C3CCC(c4ccccc4CN4CCCC4=O)CC3)Cc3ccc(Cl)cc3)cc(=O)c2c1. The van der Waals surface area contributed by atoms with Gasteiger partial charge in [0.1, 0.15) is 17.9 Å². The summed E-state index contributed by atoms with van der Waals surface area (Å²) in [4.78, 5) is 40.8. The Hall–Kier alpha value is -4.62. The van der Waals surface area contributed by atoms with E-state index in [2.05, 4.69) is 42.2 Å². The first-order chi connectivity index (χ1) is 22.9. The summed E-state index contributed by atoms with van der Waals surface area (Å²) >= 11 is 6.14. The van der Waals surface area contributed by atoms with Crippen LogP contribution in [-0.4, -0.2) is 35.9 Å². The van der Waals surface area contributed by atoms with Crippen LogP contribution in [-0.2, 0) is 17.8 Å². The molecule has 1 saturated carbocycles. The Morgan fingerprint density at radius 1 is 1.04 bits per heavy atom. The van der Waals surface area contributed by atoms with Crippen molar-refractivity contribution < 1.29 is 18.7 Å². The topological polar surface area (TPSA) is 88.8 Å². The van der Waals surface area contributed by atoms with Crippen LogP contribution in [0, 0.1) is 0 Å². The largest absolute Gasteiger partial charge is 0.490 e. The number of likely N-dealkylation sites (tertiary alicyclic amines) is 1. The van der Waals surface area contributed by atoms with Crippen LogP contribution in [0.15, 0.2) is 106 Å². The van der Waals surface area contributed by atoms with Gasteiger partial charge in [0.15, 0.2) is 11.2 Å². The number of benzene rings is 3. The van der Waals surface area contributed by atoms with Gasteiger partial charge in [0.2, 0.25) is 5.91 Å². The first-order valence-electron chi connectivity index (χ1n) is 16.3. The minimum absolute atomic E-state index is 0.0430. The maximum absolute atomic E-state index is 13.5. The number of allylic oxidation sites excluding steroid dienone is 1. The lowest BCUT2D eigenvalue weighted by molar-refractivity contribution is -0.128. The van der Waals surface area contributed by atoms with Gasteiger partial charge in [0.05, 0.1) is 11.4 Å². The van der Waals surface area contributed by atoms with Crippen molar-refractivity contribution >= 4 is 34.4 Å². The van der Waals surface area contributed by atoms with Gasteiger partial charge in [0.25, 0.3) is 5.91 Å². The van der Waals surface area contributed by atoms with Crippen molar-refractivity contribution in [2.24, 2.45) is 0 Å². The molecule has 1 N–H and O–H groups in total. The van der Waals surface area contributed by atoms with Crippen molar-refractivity contribution in [3.63, 3.8) is 0 Å². The molecule has 0 unspecified atom stereocenters. The Morgan fingerprint density at radius 3 is 2.57 bits per heavy atom. The normalized spacial score (nSPS) is 17.0. The molecule has 6 rings (SSSR count). The molecule has 8 heteroatoms. The summed E-state index contributed by atoms with van der Waals surface area (Å²) in [7, 11) is 0. The van der Waals surface area contributed by atoms with Gasteiger partial charge in [0, 0.05) is 30.6 Å². The standard InChI is InChI=1S/C39H39ClN2O5/c1-2-20-46-32-17-18-36-34(23-32)35(43)24-37(47-36)39(45)41-31(22-27-11-15-30(40)16-12-27)21-26-9-13-28(14-10-26)33-7-4-3-6-29(33)25-42-19-5-8-38(42)44/h2-4,6-7,11-12,15-18,21,23-24,28,31H,1,5,8-10,13-14,19-20,22,25H2,(H,41,45)/t28?,31-/m0/s1. The number of rotatable bonds is 11. The maximum atomic E-state index is 13.5. The van der Waals surface area contributed by atoms with E-state index >= 15 is 0 Å².